The van der Waals surface area contributed by atoms with Crippen LogP contribution in [0, 0.1) is 6.92 Å². The molecule has 2 heterocycles. The van der Waals surface area contributed by atoms with Crippen molar-refractivity contribution in [2.75, 3.05) is 6.61 Å². The van der Waals surface area contributed by atoms with E-state index in [1.807, 2.05) is 0 Å². The molecule has 0 fully saturated rings. The van der Waals surface area contributed by atoms with E-state index in [4.69, 9.17) is 9.15 Å². The SMILES string of the molecule is Cc1cc(=O)c2c(O)c3c(cc2o1)O[C@@H]([C@](C)(O)CO)C3. The van der Waals surface area contributed by atoms with Crippen molar-refractivity contribution in [3.63, 3.8) is 0 Å². The summed E-state index contributed by atoms with van der Waals surface area (Å²) >= 11 is 0. The number of hydrogen-bond donors (Lipinski definition) is 3. The van der Waals surface area contributed by atoms with E-state index in [1.54, 1.807) is 6.92 Å². The summed E-state index contributed by atoms with van der Waals surface area (Å²) in [5, 5.41) is 29.7. The van der Waals surface area contributed by atoms with Crippen LogP contribution in [0.4, 0.5) is 0 Å². The van der Waals surface area contributed by atoms with Gasteiger partial charge in [0, 0.05) is 24.1 Å². The van der Waals surface area contributed by atoms with Gasteiger partial charge in [0.25, 0.3) is 0 Å². The van der Waals surface area contributed by atoms with Crippen LogP contribution in [0.25, 0.3) is 11.0 Å². The zero-order valence-corrected chi connectivity index (χ0v) is 11.7. The Morgan fingerprint density at radius 2 is 2.14 bits per heavy atom. The molecule has 3 N–H and O–H groups in total. The first-order valence-corrected chi connectivity index (χ1v) is 6.62. The van der Waals surface area contributed by atoms with Crippen molar-refractivity contribution < 1.29 is 24.5 Å². The lowest BCUT2D eigenvalue weighted by atomic mass is 9.95. The highest BCUT2D eigenvalue weighted by atomic mass is 16.5. The monoisotopic (exact) mass is 292 g/mol. The first kappa shape index (κ1) is 13.9. The van der Waals surface area contributed by atoms with Crippen LogP contribution in [0.15, 0.2) is 21.3 Å². The van der Waals surface area contributed by atoms with Crippen LogP contribution in [0.5, 0.6) is 11.5 Å². The molecule has 0 unspecified atom stereocenters. The molecular formula is C15H16O6. The number of hydrogen-bond acceptors (Lipinski definition) is 6. The van der Waals surface area contributed by atoms with Gasteiger partial charge < -0.3 is 24.5 Å². The molecule has 1 aromatic heterocycles. The summed E-state index contributed by atoms with van der Waals surface area (Å²) in [6.07, 6.45) is -0.491. The number of ether oxygens (including phenoxy) is 1. The summed E-state index contributed by atoms with van der Waals surface area (Å²) in [6, 6.07) is 2.85. The Labute approximate surface area is 120 Å². The molecule has 1 aromatic carbocycles. The van der Waals surface area contributed by atoms with Crippen molar-refractivity contribution in [1.82, 2.24) is 0 Å². The molecule has 0 saturated heterocycles. The van der Waals surface area contributed by atoms with E-state index in [2.05, 4.69) is 0 Å². The van der Waals surface area contributed by atoms with Gasteiger partial charge in [-0.1, -0.05) is 0 Å². The molecule has 2 atom stereocenters. The Morgan fingerprint density at radius 1 is 1.43 bits per heavy atom. The van der Waals surface area contributed by atoms with E-state index < -0.39 is 18.3 Å². The summed E-state index contributed by atoms with van der Waals surface area (Å²) in [5.74, 6) is 0.601. The van der Waals surface area contributed by atoms with Gasteiger partial charge in [-0.15, -0.1) is 0 Å². The van der Waals surface area contributed by atoms with Crippen LogP contribution < -0.4 is 10.2 Å². The standard InChI is InChI=1S/C15H16O6/c1-7-3-9(17)13-11(20-7)5-10-8(14(13)18)4-12(21-10)15(2,19)6-16/h3,5,12,16,18-19H,4,6H2,1-2H3/t12-,15-/m1/s1. The number of fused-ring (bicyclic) bond motifs is 2. The van der Waals surface area contributed by atoms with Crippen LogP contribution in [-0.2, 0) is 6.42 Å². The number of aliphatic hydroxyl groups excluding tert-OH is 1. The highest BCUT2D eigenvalue weighted by Crippen LogP contribution is 2.42. The molecule has 1 aliphatic heterocycles. The first-order chi connectivity index (χ1) is 9.83. The molecule has 6 heteroatoms. The Bertz CT molecular complexity index is 774. The molecule has 112 valence electrons. The van der Waals surface area contributed by atoms with Crippen LogP contribution in [0.1, 0.15) is 18.2 Å². The van der Waals surface area contributed by atoms with E-state index in [0.717, 1.165) is 0 Å². The average Bonchev–Trinajstić information content (AvgIpc) is 2.83. The normalized spacial score (nSPS) is 20.1. The van der Waals surface area contributed by atoms with Crippen LogP contribution in [0.2, 0.25) is 0 Å². The summed E-state index contributed by atoms with van der Waals surface area (Å²) in [6.45, 7) is 2.63. The topological polar surface area (TPSA) is 100 Å². The molecule has 1 aliphatic rings. The van der Waals surface area contributed by atoms with Crippen molar-refractivity contribution in [1.29, 1.82) is 0 Å². The number of aliphatic hydroxyl groups is 2. The van der Waals surface area contributed by atoms with Gasteiger partial charge in [-0.25, -0.2) is 0 Å². The second-order valence-electron chi connectivity index (χ2n) is 5.62. The fraction of sp³-hybridized carbons (Fsp3) is 0.400. The van der Waals surface area contributed by atoms with Crippen molar-refractivity contribution in [2.24, 2.45) is 0 Å². The summed E-state index contributed by atoms with van der Waals surface area (Å²) in [5.41, 5.74) is -1.09. The van der Waals surface area contributed by atoms with E-state index in [0.29, 0.717) is 17.1 Å². The predicted octanol–water partition coefficient (Wildman–Crippen LogP) is 0.854. The average molecular weight is 292 g/mol. The number of phenolic OH excluding ortho intramolecular Hbond substituents is 1. The van der Waals surface area contributed by atoms with Crippen molar-refractivity contribution in [3.8, 4) is 11.5 Å². The number of phenols is 1. The van der Waals surface area contributed by atoms with E-state index in [9.17, 15) is 20.1 Å². The molecule has 2 aromatic rings. The first-order valence-electron chi connectivity index (χ1n) is 6.62. The van der Waals surface area contributed by atoms with Crippen molar-refractivity contribution in [3.05, 3.63) is 33.7 Å². The number of rotatable bonds is 2. The quantitative estimate of drug-likeness (QED) is 0.759. The fourth-order valence-electron chi connectivity index (χ4n) is 2.57. The van der Waals surface area contributed by atoms with Crippen molar-refractivity contribution in [2.45, 2.75) is 32.0 Å². The van der Waals surface area contributed by atoms with Gasteiger partial charge in [-0.05, 0) is 13.8 Å². The zero-order chi connectivity index (χ0) is 15.4. The predicted molar refractivity (Wildman–Crippen MR) is 74.7 cm³/mol. The van der Waals surface area contributed by atoms with E-state index in [-0.39, 0.29) is 28.6 Å². The van der Waals surface area contributed by atoms with Gasteiger partial charge >= 0.3 is 0 Å². The second-order valence-corrected chi connectivity index (χ2v) is 5.62. The van der Waals surface area contributed by atoms with Crippen LogP contribution in [-0.4, -0.2) is 33.6 Å². The van der Waals surface area contributed by atoms with Gasteiger partial charge in [-0.3, -0.25) is 4.79 Å². The Kier molecular flexibility index (Phi) is 2.96. The van der Waals surface area contributed by atoms with Gasteiger partial charge in [0.1, 0.15) is 39.9 Å². The second kappa shape index (κ2) is 4.47. The minimum absolute atomic E-state index is 0.104. The largest absolute Gasteiger partial charge is 0.507 e. The molecule has 0 aliphatic carbocycles. The minimum Gasteiger partial charge on any atom is -0.507 e. The number of aryl methyl sites for hydroxylation is 1. The number of benzene rings is 1. The van der Waals surface area contributed by atoms with Crippen molar-refractivity contribution >= 4 is 11.0 Å². The third-order valence-corrected chi connectivity index (χ3v) is 3.85. The lowest BCUT2D eigenvalue weighted by Crippen LogP contribution is -2.45. The molecule has 0 bridgehead atoms. The summed E-state index contributed by atoms with van der Waals surface area (Å²) in [7, 11) is 0. The van der Waals surface area contributed by atoms with Gasteiger partial charge in [0.05, 0.1) is 6.61 Å². The summed E-state index contributed by atoms with van der Waals surface area (Å²) < 4.78 is 11.0. The van der Waals surface area contributed by atoms with Gasteiger partial charge in [0.15, 0.2) is 5.43 Å². The third kappa shape index (κ3) is 2.07. The summed E-state index contributed by atoms with van der Waals surface area (Å²) in [4.78, 5) is 12.0. The van der Waals surface area contributed by atoms with E-state index in [1.165, 1.54) is 19.1 Å². The van der Waals surface area contributed by atoms with Crippen LogP contribution in [0.3, 0.4) is 0 Å². The Hall–Kier alpha value is -2.05. The molecule has 21 heavy (non-hydrogen) atoms. The minimum atomic E-state index is -1.44. The maximum atomic E-state index is 12.0. The lowest BCUT2D eigenvalue weighted by Gasteiger charge is -2.26. The zero-order valence-electron chi connectivity index (χ0n) is 11.7. The molecule has 0 saturated carbocycles. The smallest absolute Gasteiger partial charge is 0.196 e. The molecule has 0 radical (unpaired) electrons. The fourth-order valence-corrected chi connectivity index (χ4v) is 2.57. The lowest BCUT2D eigenvalue weighted by molar-refractivity contribution is -0.0729. The van der Waals surface area contributed by atoms with Crippen LogP contribution >= 0.6 is 0 Å². The highest BCUT2D eigenvalue weighted by Gasteiger charge is 2.40. The van der Waals surface area contributed by atoms with Gasteiger partial charge in [-0.2, -0.15) is 0 Å². The molecule has 0 amide bonds. The molecule has 3 rings (SSSR count). The molecule has 0 spiro atoms. The molecule has 6 nitrogen and oxygen atoms in total. The third-order valence-electron chi connectivity index (χ3n) is 3.85. The maximum absolute atomic E-state index is 12.0. The maximum Gasteiger partial charge on any atom is 0.196 e. The molecular weight excluding hydrogens is 276 g/mol. The highest BCUT2D eigenvalue weighted by molar-refractivity contribution is 5.87. The van der Waals surface area contributed by atoms with E-state index >= 15 is 0 Å². The Balaban J connectivity index is 2.18. The Morgan fingerprint density at radius 3 is 2.81 bits per heavy atom. The van der Waals surface area contributed by atoms with Gasteiger partial charge in [0.2, 0.25) is 0 Å². The number of aromatic hydroxyl groups is 1.